The number of nitrogens with zero attached hydrogens (tertiary/aromatic N) is 2. The van der Waals surface area contributed by atoms with Gasteiger partial charge in [0.15, 0.2) is 5.75 Å². The molecular formula is C25H34N2O5. The first-order chi connectivity index (χ1) is 15.5. The minimum atomic E-state index is -0.453. The van der Waals surface area contributed by atoms with E-state index in [1.165, 1.54) is 31.4 Å². The molecule has 0 bridgehead atoms. The summed E-state index contributed by atoms with van der Waals surface area (Å²) in [5.74, 6) is 1.07. The van der Waals surface area contributed by atoms with E-state index in [1.54, 1.807) is 16.7 Å². The van der Waals surface area contributed by atoms with Gasteiger partial charge in [0.25, 0.3) is 11.2 Å². The number of aryl methyl sites for hydroxylation is 1. The summed E-state index contributed by atoms with van der Waals surface area (Å²) in [7, 11) is 0. The van der Waals surface area contributed by atoms with Gasteiger partial charge in [-0.3, -0.25) is 14.9 Å². The van der Waals surface area contributed by atoms with Gasteiger partial charge in [0.1, 0.15) is 6.61 Å². The molecule has 0 aliphatic heterocycles. The number of non-ortho nitro benzene ring substituents is 1. The number of pyridine rings is 1. The Kier molecular flexibility index (Phi) is 9.98. The number of hydrogen-bond acceptors (Lipinski definition) is 5. The van der Waals surface area contributed by atoms with E-state index < -0.39 is 4.92 Å². The summed E-state index contributed by atoms with van der Waals surface area (Å²) in [6.45, 7) is 10.3. The van der Waals surface area contributed by atoms with Crippen molar-refractivity contribution in [3.63, 3.8) is 0 Å². The average Bonchev–Trinajstić information content (AvgIpc) is 2.80. The fourth-order valence-electron chi connectivity index (χ4n) is 3.61. The van der Waals surface area contributed by atoms with Gasteiger partial charge in [0.05, 0.1) is 16.2 Å². The van der Waals surface area contributed by atoms with E-state index in [4.69, 9.17) is 9.47 Å². The lowest BCUT2D eigenvalue weighted by molar-refractivity contribution is -0.384. The first-order valence-corrected chi connectivity index (χ1v) is 11.4. The van der Waals surface area contributed by atoms with Crippen molar-refractivity contribution < 1.29 is 14.4 Å². The summed E-state index contributed by atoms with van der Waals surface area (Å²) >= 11 is 0. The predicted molar refractivity (Wildman–Crippen MR) is 129 cm³/mol. The molecule has 174 valence electrons. The smallest absolute Gasteiger partial charge is 0.297 e. The Morgan fingerprint density at radius 3 is 2.50 bits per heavy atom. The van der Waals surface area contributed by atoms with E-state index >= 15 is 0 Å². The molecule has 32 heavy (non-hydrogen) atoms. The lowest BCUT2D eigenvalue weighted by atomic mass is 10.1. The average molecular weight is 443 g/mol. The van der Waals surface area contributed by atoms with Gasteiger partial charge in [-0.05, 0) is 25.5 Å². The van der Waals surface area contributed by atoms with Crippen LogP contribution in [0.3, 0.4) is 0 Å². The maximum atomic E-state index is 13.4. The highest BCUT2D eigenvalue weighted by Gasteiger charge is 2.22. The summed E-state index contributed by atoms with van der Waals surface area (Å²) in [6, 6.07) is 4.50. The first kappa shape index (κ1) is 25.2. The Bertz CT molecular complexity index is 1020. The van der Waals surface area contributed by atoms with E-state index in [9.17, 15) is 14.9 Å². The van der Waals surface area contributed by atoms with Crippen LogP contribution in [0.2, 0.25) is 0 Å². The third-order valence-corrected chi connectivity index (χ3v) is 5.36. The van der Waals surface area contributed by atoms with E-state index in [2.05, 4.69) is 13.5 Å². The van der Waals surface area contributed by atoms with Gasteiger partial charge < -0.3 is 14.0 Å². The molecule has 1 aromatic heterocycles. The molecule has 2 aromatic rings. The highest BCUT2D eigenvalue weighted by atomic mass is 16.6. The van der Waals surface area contributed by atoms with Gasteiger partial charge in [-0.25, -0.2) is 0 Å². The van der Waals surface area contributed by atoms with Crippen LogP contribution in [0.5, 0.6) is 11.5 Å². The van der Waals surface area contributed by atoms with Gasteiger partial charge in [-0.15, -0.1) is 0 Å². The molecule has 0 aliphatic carbocycles. The molecule has 0 atom stereocenters. The summed E-state index contributed by atoms with van der Waals surface area (Å²) in [4.78, 5) is 24.4. The maximum absolute atomic E-state index is 13.4. The molecule has 0 amide bonds. The summed E-state index contributed by atoms with van der Waals surface area (Å²) in [5.41, 5.74) is 0.0567. The van der Waals surface area contributed by atoms with E-state index in [0.717, 1.165) is 19.3 Å². The summed E-state index contributed by atoms with van der Waals surface area (Å²) in [5, 5.41) is 12.0. The van der Waals surface area contributed by atoms with Crippen molar-refractivity contribution in [2.75, 3.05) is 6.61 Å². The lowest BCUT2D eigenvalue weighted by Gasteiger charge is -2.19. The minimum absolute atomic E-state index is 0.0685. The molecule has 1 heterocycles. The van der Waals surface area contributed by atoms with Gasteiger partial charge in [-0.1, -0.05) is 58.6 Å². The Morgan fingerprint density at radius 2 is 1.88 bits per heavy atom. The monoisotopic (exact) mass is 442 g/mol. The molecule has 0 aliphatic rings. The second kappa shape index (κ2) is 12.7. The topological polar surface area (TPSA) is 83.6 Å². The van der Waals surface area contributed by atoms with Gasteiger partial charge in [-0.2, -0.15) is 0 Å². The predicted octanol–water partition coefficient (Wildman–Crippen LogP) is 6.53. The molecule has 2 rings (SSSR count). The third-order valence-electron chi connectivity index (χ3n) is 5.36. The van der Waals surface area contributed by atoms with Crippen molar-refractivity contribution >= 4 is 16.6 Å². The van der Waals surface area contributed by atoms with Crippen LogP contribution in [0.15, 0.2) is 47.5 Å². The Hall–Kier alpha value is -3.09. The molecule has 0 saturated carbocycles. The van der Waals surface area contributed by atoms with Crippen LogP contribution < -0.4 is 15.0 Å². The molecule has 0 N–H and O–H groups in total. The number of benzene rings is 1. The van der Waals surface area contributed by atoms with Crippen LogP contribution in [0, 0.1) is 10.1 Å². The number of unbranched alkanes of at least 4 members (excludes halogenated alkanes) is 5. The molecule has 0 radical (unpaired) electrons. The quantitative estimate of drug-likeness (QED) is 0.109. The number of aromatic nitrogens is 1. The number of nitro groups is 1. The molecule has 1 aromatic carbocycles. The third kappa shape index (κ3) is 6.22. The summed E-state index contributed by atoms with van der Waals surface area (Å²) in [6.07, 6.45) is 10.5. The number of fused-ring (bicyclic) bond motifs is 1. The van der Waals surface area contributed by atoms with E-state index in [-0.39, 0.29) is 29.4 Å². The van der Waals surface area contributed by atoms with Crippen LogP contribution >= 0.6 is 0 Å². The molecule has 0 spiro atoms. The molecular weight excluding hydrogens is 408 g/mol. The first-order valence-electron chi connectivity index (χ1n) is 11.4. The highest BCUT2D eigenvalue weighted by molar-refractivity contribution is 5.89. The highest BCUT2D eigenvalue weighted by Crippen LogP contribution is 2.36. The standard InChI is InChI=1S/C25H34N2O5/c1-5-9-10-11-12-13-16-26-22-18-19(27(29)30)14-15-21(22)23(32-20(7-3)8-4)24(25(26)28)31-17-6-2/h6-7,14-15,18H,2,5,8-13,16-17H2,1,3-4H3. The van der Waals surface area contributed by atoms with Crippen molar-refractivity contribution in [2.45, 2.75) is 72.3 Å². The van der Waals surface area contributed by atoms with Crippen molar-refractivity contribution in [3.8, 4) is 11.5 Å². The van der Waals surface area contributed by atoms with Crippen molar-refractivity contribution in [3.05, 3.63) is 63.2 Å². The molecule has 7 nitrogen and oxygen atoms in total. The SMILES string of the molecule is C=CCOc1c(OC(=CC)CC)c2ccc([N+](=O)[O-])cc2n(CCCCCCCC)c1=O. The lowest BCUT2D eigenvalue weighted by Crippen LogP contribution is -2.24. The molecule has 0 fully saturated rings. The zero-order valence-corrected chi connectivity index (χ0v) is 19.4. The fourth-order valence-corrected chi connectivity index (χ4v) is 3.61. The summed E-state index contributed by atoms with van der Waals surface area (Å²) < 4.78 is 13.4. The normalized spacial score (nSPS) is 11.5. The van der Waals surface area contributed by atoms with E-state index in [0.29, 0.717) is 29.6 Å². The Morgan fingerprint density at radius 1 is 1.16 bits per heavy atom. The van der Waals surface area contributed by atoms with E-state index in [1.807, 2.05) is 19.9 Å². The van der Waals surface area contributed by atoms with Gasteiger partial charge in [0.2, 0.25) is 5.75 Å². The van der Waals surface area contributed by atoms with Crippen molar-refractivity contribution in [1.82, 2.24) is 4.57 Å². The van der Waals surface area contributed by atoms with Crippen LogP contribution in [0.4, 0.5) is 5.69 Å². The second-order valence-electron chi connectivity index (χ2n) is 7.65. The van der Waals surface area contributed by atoms with Crippen LogP contribution in [0.25, 0.3) is 10.9 Å². The van der Waals surface area contributed by atoms with Gasteiger partial charge >= 0.3 is 0 Å². The molecule has 7 heteroatoms. The second-order valence-corrected chi connectivity index (χ2v) is 7.65. The van der Waals surface area contributed by atoms with Crippen molar-refractivity contribution in [1.29, 1.82) is 0 Å². The Labute approximate surface area is 189 Å². The number of allylic oxidation sites excluding steroid dienone is 2. The maximum Gasteiger partial charge on any atom is 0.297 e. The molecule has 0 saturated heterocycles. The number of ether oxygens (including phenoxy) is 2. The fraction of sp³-hybridized carbons (Fsp3) is 0.480. The minimum Gasteiger partial charge on any atom is -0.481 e. The Balaban J connectivity index is 2.61. The van der Waals surface area contributed by atoms with Crippen molar-refractivity contribution in [2.24, 2.45) is 0 Å². The zero-order valence-electron chi connectivity index (χ0n) is 19.4. The van der Waals surface area contributed by atoms with Gasteiger partial charge in [0, 0.05) is 30.5 Å². The number of rotatable bonds is 14. The largest absolute Gasteiger partial charge is 0.481 e. The number of nitro benzene ring substituents is 1. The van der Waals surface area contributed by atoms with Crippen LogP contribution in [-0.4, -0.2) is 16.1 Å². The zero-order chi connectivity index (χ0) is 23.5. The number of hydrogen-bond donors (Lipinski definition) is 0. The molecule has 0 unspecified atom stereocenters. The van der Waals surface area contributed by atoms with Crippen LogP contribution in [0.1, 0.15) is 65.7 Å². The van der Waals surface area contributed by atoms with Crippen LogP contribution in [-0.2, 0) is 6.54 Å².